The lowest BCUT2D eigenvalue weighted by Gasteiger charge is -2.22. The summed E-state index contributed by atoms with van der Waals surface area (Å²) in [6, 6.07) is 0. The van der Waals surface area contributed by atoms with E-state index in [1.165, 1.54) is 6.42 Å². The van der Waals surface area contributed by atoms with E-state index in [0.717, 1.165) is 29.3 Å². The van der Waals surface area contributed by atoms with Crippen LogP contribution in [0.2, 0.25) is 0 Å². The van der Waals surface area contributed by atoms with Gasteiger partial charge < -0.3 is 10.1 Å². The number of hydrogen-bond acceptors (Lipinski definition) is 4. The maximum Gasteiger partial charge on any atom is 0.225 e. The fourth-order valence-corrected chi connectivity index (χ4v) is 2.29. The lowest BCUT2D eigenvalue weighted by molar-refractivity contribution is 0.161. The highest BCUT2D eigenvalue weighted by Gasteiger charge is 2.15. The number of nitrogens with one attached hydrogen (secondary N) is 1. The minimum atomic E-state index is 0.294. The van der Waals surface area contributed by atoms with Crippen LogP contribution in [0.3, 0.4) is 0 Å². The number of rotatable bonds is 2. The van der Waals surface area contributed by atoms with E-state index in [2.05, 4.69) is 26.2 Å². The number of halogens is 1. The molecule has 72 valence electrons. The van der Waals surface area contributed by atoms with Crippen LogP contribution in [0.15, 0.2) is 9.30 Å². The first kappa shape index (κ1) is 9.43. The van der Waals surface area contributed by atoms with Crippen molar-refractivity contribution in [3.05, 3.63) is 9.30 Å². The van der Waals surface area contributed by atoms with Crippen LogP contribution in [0.1, 0.15) is 12.8 Å². The van der Waals surface area contributed by atoms with Crippen LogP contribution >= 0.6 is 27.3 Å². The molecule has 0 radical (unpaired) electrons. The average Bonchev–Trinajstić information content (AvgIpc) is 2.53. The topological polar surface area (TPSA) is 34.1 Å². The highest BCUT2D eigenvalue weighted by Crippen LogP contribution is 2.22. The minimum absolute atomic E-state index is 0.294. The van der Waals surface area contributed by atoms with Crippen LogP contribution in [0, 0.1) is 0 Å². The van der Waals surface area contributed by atoms with Crippen molar-refractivity contribution >= 4 is 27.3 Å². The second kappa shape index (κ2) is 4.39. The molecule has 3 nitrogen and oxygen atoms in total. The highest BCUT2D eigenvalue weighted by atomic mass is 79.9. The van der Waals surface area contributed by atoms with Crippen molar-refractivity contribution in [1.29, 1.82) is 0 Å². The molecule has 1 N–H and O–H groups in total. The molecular weight excluding hydrogens is 252 g/mol. The van der Waals surface area contributed by atoms with E-state index in [1.807, 2.05) is 5.38 Å². The van der Waals surface area contributed by atoms with Crippen molar-refractivity contribution in [1.82, 2.24) is 10.3 Å². The Morgan fingerprint density at radius 2 is 2.62 bits per heavy atom. The second-order valence-corrected chi connectivity index (χ2v) is 5.16. The average molecular weight is 263 g/mol. The molecule has 0 aromatic carbocycles. The fourth-order valence-electron chi connectivity index (χ4n) is 1.38. The highest BCUT2D eigenvalue weighted by molar-refractivity contribution is 9.11. The third-order valence-electron chi connectivity index (χ3n) is 1.99. The van der Waals surface area contributed by atoms with Gasteiger partial charge in [-0.3, -0.25) is 0 Å². The molecule has 1 aliphatic heterocycles. The zero-order valence-electron chi connectivity index (χ0n) is 7.12. The first-order chi connectivity index (χ1) is 6.34. The molecule has 0 amide bonds. The summed E-state index contributed by atoms with van der Waals surface area (Å²) in [6.07, 6.45) is 2.61. The van der Waals surface area contributed by atoms with Crippen molar-refractivity contribution in [2.75, 3.05) is 13.1 Å². The predicted molar refractivity (Wildman–Crippen MR) is 56.3 cm³/mol. The molecule has 0 bridgehead atoms. The molecule has 1 unspecified atom stereocenters. The van der Waals surface area contributed by atoms with Crippen LogP contribution < -0.4 is 10.1 Å². The van der Waals surface area contributed by atoms with E-state index in [-0.39, 0.29) is 0 Å². The van der Waals surface area contributed by atoms with Gasteiger partial charge in [-0.2, -0.15) is 4.98 Å². The van der Waals surface area contributed by atoms with Gasteiger partial charge in [-0.05, 0) is 35.3 Å². The summed E-state index contributed by atoms with van der Waals surface area (Å²) in [7, 11) is 0. The normalized spacial score (nSPS) is 23.0. The van der Waals surface area contributed by atoms with Crippen LogP contribution in [-0.2, 0) is 0 Å². The Morgan fingerprint density at radius 1 is 1.69 bits per heavy atom. The van der Waals surface area contributed by atoms with Gasteiger partial charge in [-0.15, -0.1) is 11.3 Å². The molecule has 1 aliphatic rings. The Hall–Kier alpha value is -0.130. The van der Waals surface area contributed by atoms with Crippen LogP contribution in [0.25, 0.3) is 0 Å². The third kappa shape index (κ3) is 2.65. The zero-order chi connectivity index (χ0) is 9.10. The monoisotopic (exact) mass is 262 g/mol. The van der Waals surface area contributed by atoms with Gasteiger partial charge in [0.25, 0.3) is 0 Å². The molecule has 0 aliphatic carbocycles. The number of thiazole rings is 1. The number of ether oxygens (including phenoxy) is 1. The van der Waals surface area contributed by atoms with Gasteiger partial charge in [0.2, 0.25) is 5.88 Å². The first-order valence-corrected chi connectivity index (χ1v) is 6.00. The van der Waals surface area contributed by atoms with Crippen molar-refractivity contribution in [3.8, 4) is 5.88 Å². The Kier molecular flexibility index (Phi) is 3.18. The summed E-state index contributed by atoms with van der Waals surface area (Å²) in [4.78, 5) is 4.19. The number of nitrogens with zero attached hydrogens (tertiary/aromatic N) is 1. The fraction of sp³-hybridized carbons (Fsp3) is 0.625. The van der Waals surface area contributed by atoms with Crippen molar-refractivity contribution in [2.24, 2.45) is 0 Å². The molecule has 13 heavy (non-hydrogen) atoms. The largest absolute Gasteiger partial charge is 0.472 e. The number of piperidine rings is 1. The minimum Gasteiger partial charge on any atom is -0.472 e. The molecule has 2 rings (SSSR count). The summed E-state index contributed by atoms with van der Waals surface area (Å²) < 4.78 is 6.56. The van der Waals surface area contributed by atoms with Gasteiger partial charge in [0, 0.05) is 6.54 Å². The molecule has 1 fully saturated rings. The van der Waals surface area contributed by atoms with E-state index in [1.54, 1.807) is 11.3 Å². The molecule has 0 spiro atoms. The summed E-state index contributed by atoms with van der Waals surface area (Å²) in [5.74, 6) is 0.741. The molecule has 0 saturated carbocycles. The zero-order valence-corrected chi connectivity index (χ0v) is 9.53. The predicted octanol–water partition coefficient (Wildman–Crippen LogP) is 2.04. The van der Waals surface area contributed by atoms with Gasteiger partial charge in [0.05, 0.1) is 5.38 Å². The molecule has 1 aromatic rings. The summed E-state index contributed by atoms with van der Waals surface area (Å²) in [5.41, 5.74) is 0. The molecule has 2 heterocycles. The van der Waals surface area contributed by atoms with Crippen LogP contribution in [0.4, 0.5) is 0 Å². The molecule has 1 aromatic heterocycles. The van der Waals surface area contributed by atoms with Gasteiger partial charge in [-0.25, -0.2) is 0 Å². The summed E-state index contributed by atoms with van der Waals surface area (Å²) >= 11 is 4.86. The molecule has 1 saturated heterocycles. The van der Waals surface area contributed by atoms with Crippen LogP contribution in [0.5, 0.6) is 5.88 Å². The molecule has 5 heteroatoms. The van der Waals surface area contributed by atoms with Crippen LogP contribution in [-0.4, -0.2) is 24.2 Å². The van der Waals surface area contributed by atoms with Gasteiger partial charge in [0.1, 0.15) is 6.10 Å². The van der Waals surface area contributed by atoms with E-state index >= 15 is 0 Å². The Balaban J connectivity index is 1.89. The molecular formula is C8H11BrN2OS. The lowest BCUT2D eigenvalue weighted by Crippen LogP contribution is -2.37. The smallest absolute Gasteiger partial charge is 0.225 e. The van der Waals surface area contributed by atoms with E-state index < -0.39 is 0 Å². The quantitative estimate of drug-likeness (QED) is 0.886. The standard InChI is InChI=1S/C8H11BrN2OS/c9-8-11-7(5-13-8)12-6-2-1-3-10-4-6/h5-6,10H,1-4H2. The van der Waals surface area contributed by atoms with Gasteiger partial charge in [-0.1, -0.05) is 0 Å². The van der Waals surface area contributed by atoms with Crippen molar-refractivity contribution in [3.63, 3.8) is 0 Å². The maximum absolute atomic E-state index is 5.68. The van der Waals surface area contributed by atoms with Gasteiger partial charge in [0.15, 0.2) is 3.92 Å². The molecule has 1 atom stereocenters. The maximum atomic E-state index is 5.68. The summed E-state index contributed by atoms with van der Waals surface area (Å²) in [5, 5.41) is 5.23. The Morgan fingerprint density at radius 3 is 3.23 bits per heavy atom. The van der Waals surface area contributed by atoms with E-state index in [0.29, 0.717) is 6.10 Å². The number of aromatic nitrogens is 1. The van der Waals surface area contributed by atoms with Gasteiger partial charge >= 0.3 is 0 Å². The lowest BCUT2D eigenvalue weighted by atomic mass is 10.1. The SMILES string of the molecule is Brc1nc(OC2CCCNC2)cs1. The Labute approximate surface area is 89.6 Å². The van der Waals surface area contributed by atoms with Crippen molar-refractivity contribution < 1.29 is 4.74 Å². The van der Waals surface area contributed by atoms with Crippen molar-refractivity contribution in [2.45, 2.75) is 18.9 Å². The second-order valence-electron chi connectivity index (χ2n) is 3.02. The van der Waals surface area contributed by atoms with E-state index in [4.69, 9.17) is 4.74 Å². The van der Waals surface area contributed by atoms with E-state index in [9.17, 15) is 0 Å². The first-order valence-electron chi connectivity index (χ1n) is 4.33. The number of hydrogen-bond donors (Lipinski definition) is 1. The third-order valence-corrected chi connectivity index (χ3v) is 3.34. The Bertz CT molecular complexity index is 273. The summed E-state index contributed by atoms with van der Waals surface area (Å²) in [6.45, 7) is 2.05.